The fourth-order valence-electron chi connectivity index (χ4n) is 3.12. The van der Waals surface area contributed by atoms with Crippen molar-refractivity contribution in [1.82, 2.24) is 5.32 Å². The Hall–Kier alpha value is -0.210. The minimum Gasteiger partial charge on any atom is -0.395 e. The van der Waals surface area contributed by atoms with E-state index in [1.54, 1.807) is 0 Å². The quantitative estimate of drug-likeness (QED) is 0.153. The van der Waals surface area contributed by atoms with Crippen LogP contribution in [0.15, 0.2) is 0 Å². The molecule has 0 fully saturated rings. The molecule has 178 valence electrons. The fourth-order valence-corrected chi connectivity index (χ4v) is 3.68. The molecule has 0 atom stereocenters. The van der Waals surface area contributed by atoms with Gasteiger partial charge >= 0.3 is 0 Å². The average Bonchev–Trinajstić information content (AvgIpc) is 2.68. The molecule has 0 aromatic heterocycles. The number of aliphatic hydroxyl groups is 2. The van der Waals surface area contributed by atoms with Gasteiger partial charge in [-0.05, 0) is 6.42 Å². The molecule has 0 heterocycles. The van der Waals surface area contributed by atoms with Crippen molar-refractivity contribution in [3.05, 3.63) is 0 Å². The highest BCUT2D eigenvalue weighted by molar-refractivity contribution is 7.85. The van der Waals surface area contributed by atoms with E-state index in [0.29, 0.717) is 19.5 Å². The predicted molar refractivity (Wildman–Crippen MR) is 123 cm³/mol. The molecule has 0 aromatic carbocycles. The van der Waals surface area contributed by atoms with Gasteiger partial charge in [-0.25, -0.2) is 0 Å². The lowest BCUT2D eigenvalue weighted by Crippen LogP contribution is -2.21. The van der Waals surface area contributed by atoms with E-state index in [4.69, 9.17) is 14.8 Å². The van der Waals surface area contributed by atoms with Gasteiger partial charge in [0.1, 0.15) is 0 Å². The molecule has 0 aliphatic heterocycles. The van der Waals surface area contributed by atoms with Gasteiger partial charge in [-0.15, -0.1) is 0 Å². The van der Waals surface area contributed by atoms with Gasteiger partial charge in [-0.1, -0.05) is 103 Å². The molecule has 6 nitrogen and oxygen atoms in total. The second-order valence-electron chi connectivity index (χ2n) is 7.79. The number of aliphatic hydroxyl groups excluding tert-OH is 2. The van der Waals surface area contributed by atoms with Gasteiger partial charge in [0.2, 0.25) is 0 Å². The Morgan fingerprint density at radius 2 is 0.897 bits per heavy atom. The normalized spacial score (nSPS) is 11.3. The van der Waals surface area contributed by atoms with Crippen molar-refractivity contribution in [2.45, 2.75) is 110 Å². The summed E-state index contributed by atoms with van der Waals surface area (Å²) < 4.78 is 29.7. The molecule has 0 unspecified atom stereocenters. The summed E-state index contributed by atoms with van der Waals surface area (Å²) >= 11 is 0. The first-order valence-corrected chi connectivity index (χ1v) is 13.5. The molecule has 0 aliphatic carbocycles. The first-order valence-electron chi connectivity index (χ1n) is 11.9. The van der Waals surface area contributed by atoms with E-state index < -0.39 is 10.1 Å². The van der Waals surface area contributed by atoms with Crippen LogP contribution < -0.4 is 5.32 Å². The predicted octanol–water partition coefficient (Wildman–Crippen LogP) is 4.70. The van der Waals surface area contributed by atoms with Crippen molar-refractivity contribution in [1.29, 1.82) is 0 Å². The Morgan fingerprint density at radius 3 is 1.17 bits per heavy atom. The lowest BCUT2D eigenvalue weighted by molar-refractivity contribution is 0.266. The Bertz CT molecular complexity index is 387. The highest BCUT2D eigenvalue weighted by Crippen LogP contribution is 2.13. The zero-order valence-corrected chi connectivity index (χ0v) is 19.7. The standard InChI is InChI=1S/C18H38O3S.C4H11NO2/c1-2-3-4-5-6-7-8-9-10-11-12-13-14-15-16-17-18-22(19,20)21;6-3-1-5-2-4-7/h2-18H2,1H3,(H,19,20,21);5-7H,1-4H2. The van der Waals surface area contributed by atoms with Crippen molar-refractivity contribution in [3.63, 3.8) is 0 Å². The maximum Gasteiger partial charge on any atom is 0.264 e. The van der Waals surface area contributed by atoms with Crippen molar-refractivity contribution in [3.8, 4) is 0 Å². The fraction of sp³-hybridized carbons (Fsp3) is 1.00. The minimum atomic E-state index is -3.74. The summed E-state index contributed by atoms with van der Waals surface area (Å²) in [5.74, 6) is -0.0779. The van der Waals surface area contributed by atoms with Crippen LogP contribution in [0.25, 0.3) is 0 Å². The van der Waals surface area contributed by atoms with Crippen LogP contribution in [-0.2, 0) is 10.1 Å². The Balaban J connectivity index is 0. The summed E-state index contributed by atoms with van der Waals surface area (Å²) in [5.41, 5.74) is 0. The van der Waals surface area contributed by atoms with Gasteiger partial charge in [0.05, 0.1) is 19.0 Å². The van der Waals surface area contributed by atoms with Crippen LogP contribution in [0.2, 0.25) is 0 Å². The van der Waals surface area contributed by atoms with Crippen LogP contribution in [0.5, 0.6) is 0 Å². The topological polar surface area (TPSA) is 107 Å². The molecular formula is C22H49NO5S. The van der Waals surface area contributed by atoms with E-state index in [-0.39, 0.29) is 19.0 Å². The molecule has 0 radical (unpaired) electrons. The molecule has 29 heavy (non-hydrogen) atoms. The first kappa shape index (κ1) is 31.0. The maximum atomic E-state index is 10.5. The van der Waals surface area contributed by atoms with Crippen LogP contribution in [0, 0.1) is 0 Å². The molecule has 0 spiro atoms. The second-order valence-corrected chi connectivity index (χ2v) is 9.36. The first-order chi connectivity index (χ1) is 14.0. The largest absolute Gasteiger partial charge is 0.395 e. The van der Waals surface area contributed by atoms with E-state index in [1.165, 1.54) is 83.5 Å². The number of hydrogen-bond donors (Lipinski definition) is 4. The van der Waals surface area contributed by atoms with Gasteiger partial charge < -0.3 is 15.5 Å². The molecule has 7 heteroatoms. The lowest BCUT2D eigenvalue weighted by atomic mass is 10.0. The smallest absolute Gasteiger partial charge is 0.264 e. The zero-order valence-electron chi connectivity index (χ0n) is 18.9. The Labute approximate surface area is 180 Å². The second kappa shape index (κ2) is 25.8. The molecule has 0 bridgehead atoms. The zero-order chi connectivity index (χ0) is 22.1. The third-order valence-electron chi connectivity index (χ3n) is 4.83. The molecule has 0 amide bonds. The minimum absolute atomic E-state index is 0.0779. The summed E-state index contributed by atoms with van der Waals surface area (Å²) in [4.78, 5) is 0. The van der Waals surface area contributed by atoms with E-state index >= 15 is 0 Å². The Morgan fingerprint density at radius 1 is 0.586 bits per heavy atom. The van der Waals surface area contributed by atoms with Crippen LogP contribution in [-0.4, -0.2) is 55.2 Å². The van der Waals surface area contributed by atoms with Crippen LogP contribution >= 0.6 is 0 Å². The molecule has 0 saturated carbocycles. The van der Waals surface area contributed by atoms with Crippen molar-refractivity contribution < 1.29 is 23.2 Å². The summed E-state index contributed by atoms with van der Waals surface area (Å²) in [6.45, 7) is 3.68. The molecule has 0 rings (SSSR count). The van der Waals surface area contributed by atoms with Crippen molar-refractivity contribution in [2.75, 3.05) is 32.1 Å². The SMILES string of the molecule is CCCCCCCCCCCCCCCCCCS(=O)(=O)O.OCCNCCO. The van der Waals surface area contributed by atoms with Gasteiger partial charge in [-0.2, -0.15) is 8.42 Å². The van der Waals surface area contributed by atoms with E-state index in [1.807, 2.05) is 0 Å². The van der Waals surface area contributed by atoms with Crippen molar-refractivity contribution in [2.24, 2.45) is 0 Å². The number of unbranched alkanes of at least 4 members (excludes halogenated alkanes) is 15. The maximum absolute atomic E-state index is 10.5. The van der Waals surface area contributed by atoms with Gasteiger partial charge in [0, 0.05) is 13.1 Å². The summed E-state index contributed by atoms with van der Waals surface area (Å²) in [6, 6.07) is 0. The Kier molecular flexibility index (Phi) is 27.6. The van der Waals surface area contributed by atoms with Crippen LogP contribution in [0.1, 0.15) is 110 Å². The van der Waals surface area contributed by atoms with E-state index in [2.05, 4.69) is 12.2 Å². The third-order valence-corrected chi connectivity index (χ3v) is 5.64. The summed E-state index contributed by atoms with van der Waals surface area (Å²) in [6.07, 6.45) is 20.3. The monoisotopic (exact) mass is 439 g/mol. The molecule has 4 N–H and O–H groups in total. The summed E-state index contributed by atoms with van der Waals surface area (Å²) in [7, 11) is -3.74. The van der Waals surface area contributed by atoms with E-state index in [0.717, 1.165) is 12.8 Å². The lowest BCUT2D eigenvalue weighted by Gasteiger charge is -2.03. The highest BCUT2D eigenvalue weighted by atomic mass is 32.2. The number of rotatable bonds is 21. The van der Waals surface area contributed by atoms with Gasteiger partial charge in [-0.3, -0.25) is 4.55 Å². The van der Waals surface area contributed by atoms with Crippen molar-refractivity contribution >= 4 is 10.1 Å². The highest BCUT2D eigenvalue weighted by Gasteiger charge is 2.02. The van der Waals surface area contributed by atoms with E-state index in [9.17, 15) is 8.42 Å². The van der Waals surface area contributed by atoms with Gasteiger partial charge in [0.15, 0.2) is 0 Å². The van der Waals surface area contributed by atoms with Crippen LogP contribution in [0.4, 0.5) is 0 Å². The number of hydrogen-bond acceptors (Lipinski definition) is 5. The molecular weight excluding hydrogens is 390 g/mol. The number of nitrogens with one attached hydrogen (secondary N) is 1. The third kappa shape index (κ3) is 35.6. The van der Waals surface area contributed by atoms with Gasteiger partial charge in [0.25, 0.3) is 10.1 Å². The van der Waals surface area contributed by atoms with Crippen LogP contribution in [0.3, 0.4) is 0 Å². The average molecular weight is 440 g/mol. The molecule has 0 saturated heterocycles. The molecule has 0 aliphatic rings. The molecule has 0 aromatic rings. The summed E-state index contributed by atoms with van der Waals surface area (Å²) in [5, 5.41) is 19.1.